The second kappa shape index (κ2) is 5.86. The Kier molecular flexibility index (Phi) is 3.68. The highest BCUT2D eigenvalue weighted by Crippen LogP contribution is 2.54. The van der Waals surface area contributed by atoms with Crippen LogP contribution in [0.3, 0.4) is 0 Å². The molecular weight excluding hydrogens is 302 g/mol. The molecule has 3 atom stereocenters. The van der Waals surface area contributed by atoms with Gasteiger partial charge in [0.15, 0.2) is 11.5 Å². The summed E-state index contributed by atoms with van der Waals surface area (Å²) in [7, 11) is 3.30. The van der Waals surface area contributed by atoms with E-state index < -0.39 is 0 Å². The number of carbonyl (C=O) groups excluding carboxylic acids is 1. The third-order valence-electron chi connectivity index (χ3n) is 5.30. The lowest BCUT2D eigenvalue weighted by Crippen LogP contribution is -2.37. The first-order valence-corrected chi connectivity index (χ1v) is 8.33. The number of nitrogens with one attached hydrogen (secondary N) is 1. The summed E-state index contributed by atoms with van der Waals surface area (Å²) >= 11 is 0. The number of rotatable bonds is 3. The molecule has 24 heavy (non-hydrogen) atoms. The summed E-state index contributed by atoms with van der Waals surface area (Å²) in [6.07, 6.45) is 1.49. The van der Waals surface area contributed by atoms with Gasteiger partial charge in [-0.1, -0.05) is 30.3 Å². The van der Waals surface area contributed by atoms with Crippen LogP contribution in [0.25, 0.3) is 0 Å². The van der Waals surface area contributed by atoms with Gasteiger partial charge in [-0.25, -0.2) is 0 Å². The summed E-state index contributed by atoms with van der Waals surface area (Å²) in [6.45, 7) is 0. The Bertz CT molecular complexity index is 772. The Labute approximate surface area is 141 Å². The zero-order chi connectivity index (χ0) is 16.7. The maximum absolute atomic E-state index is 12.0. The molecule has 1 amide bonds. The average molecular weight is 323 g/mol. The van der Waals surface area contributed by atoms with Gasteiger partial charge in [-0.2, -0.15) is 0 Å². The van der Waals surface area contributed by atoms with Crippen molar-refractivity contribution in [2.75, 3.05) is 14.2 Å². The highest BCUT2D eigenvalue weighted by atomic mass is 16.5. The van der Waals surface area contributed by atoms with Gasteiger partial charge in [0.05, 0.1) is 20.3 Å². The van der Waals surface area contributed by atoms with Crippen LogP contribution < -0.4 is 14.8 Å². The van der Waals surface area contributed by atoms with E-state index in [9.17, 15) is 4.79 Å². The fourth-order valence-electron chi connectivity index (χ4n) is 4.25. The molecule has 1 N–H and O–H groups in total. The van der Waals surface area contributed by atoms with E-state index in [0.29, 0.717) is 18.1 Å². The van der Waals surface area contributed by atoms with Crippen molar-refractivity contribution in [3.63, 3.8) is 0 Å². The van der Waals surface area contributed by atoms with Gasteiger partial charge >= 0.3 is 0 Å². The molecule has 1 saturated heterocycles. The van der Waals surface area contributed by atoms with Crippen LogP contribution in [0.5, 0.6) is 11.5 Å². The summed E-state index contributed by atoms with van der Waals surface area (Å²) in [4.78, 5) is 12.0. The van der Waals surface area contributed by atoms with Crippen molar-refractivity contribution in [3.8, 4) is 11.5 Å². The zero-order valence-electron chi connectivity index (χ0n) is 13.9. The molecule has 2 aliphatic rings. The highest BCUT2D eigenvalue weighted by molar-refractivity contribution is 5.78. The van der Waals surface area contributed by atoms with Crippen LogP contribution >= 0.6 is 0 Å². The van der Waals surface area contributed by atoms with Crippen LogP contribution in [-0.4, -0.2) is 20.1 Å². The molecule has 4 nitrogen and oxygen atoms in total. The number of ether oxygens (including phenoxy) is 2. The molecular formula is C20H21NO3. The van der Waals surface area contributed by atoms with Crippen molar-refractivity contribution in [2.24, 2.45) is 5.92 Å². The lowest BCUT2D eigenvalue weighted by atomic mass is 9.80. The van der Waals surface area contributed by atoms with Gasteiger partial charge in [-0.15, -0.1) is 0 Å². The molecule has 1 aliphatic heterocycles. The zero-order valence-corrected chi connectivity index (χ0v) is 13.9. The predicted molar refractivity (Wildman–Crippen MR) is 91.4 cm³/mol. The lowest BCUT2D eigenvalue weighted by molar-refractivity contribution is -0.124. The maximum Gasteiger partial charge on any atom is 0.220 e. The molecule has 2 aromatic rings. The molecule has 1 fully saturated rings. The van der Waals surface area contributed by atoms with E-state index in [1.807, 2.05) is 12.1 Å². The van der Waals surface area contributed by atoms with Crippen LogP contribution in [0.2, 0.25) is 0 Å². The Morgan fingerprint density at radius 2 is 1.67 bits per heavy atom. The minimum atomic E-state index is 0.0475. The Morgan fingerprint density at radius 1 is 1.00 bits per heavy atom. The molecule has 0 bridgehead atoms. The fourth-order valence-corrected chi connectivity index (χ4v) is 4.25. The number of methoxy groups -OCH3 is 2. The van der Waals surface area contributed by atoms with Crippen molar-refractivity contribution in [1.82, 2.24) is 5.32 Å². The first-order chi connectivity index (χ1) is 11.7. The highest BCUT2D eigenvalue weighted by Gasteiger charge is 2.45. The standard InChI is InChI=1S/C20H21NO3/c1-23-16-10-14-15(11-17(16)24-2)20-13(8-9-18(22)21-20)19(14)12-6-4-3-5-7-12/h3-7,10-11,13,19-20H,8-9H2,1-2H3,(H,21,22)/t13-,19+,20-/m0/s1. The summed E-state index contributed by atoms with van der Waals surface area (Å²) in [5.41, 5.74) is 3.67. The second-order valence-electron chi connectivity index (χ2n) is 6.47. The summed E-state index contributed by atoms with van der Waals surface area (Å²) in [5, 5.41) is 3.19. The van der Waals surface area contributed by atoms with E-state index >= 15 is 0 Å². The largest absolute Gasteiger partial charge is 0.493 e. The minimum Gasteiger partial charge on any atom is -0.493 e. The number of hydrogen-bond acceptors (Lipinski definition) is 3. The van der Waals surface area contributed by atoms with E-state index in [0.717, 1.165) is 17.7 Å². The van der Waals surface area contributed by atoms with E-state index in [1.54, 1.807) is 14.2 Å². The lowest BCUT2D eigenvalue weighted by Gasteiger charge is -2.30. The molecule has 0 spiro atoms. The van der Waals surface area contributed by atoms with Gasteiger partial charge in [0, 0.05) is 12.3 Å². The molecule has 0 radical (unpaired) electrons. The van der Waals surface area contributed by atoms with Crippen molar-refractivity contribution in [1.29, 1.82) is 0 Å². The van der Waals surface area contributed by atoms with Gasteiger partial charge < -0.3 is 14.8 Å². The normalized spacial score (nSPS) is 24.8. The summed E-state index contributed by atoms with van der Waals surface area (Å²) < 4.78 is 11.0. The molecule has 0 aromatic heterocycles. The molecule has 2 aromatic carbocycles. The number of fused-ring (bicyclic) bond motifs is 3. The molecule has 1 aliphatic carbocycles. The summed E-state index contributed by atoms with van der Waals surface area (Å²) in [6, 6.07) is 14.7. The molecule has 1 heterocycles. The molecule has 0 unspecified atom stereocenters. The van der Waals surface area contributed by atoms with E-state index in [-0.39, 0.29) is 17.9 Å². The third kappa shape index (κ3) is 2.25. The second-order valence-corrected chi connectivity index (χ2v) is 6.47. The van der Waals surface area contributed by atoms with Crippen molar-refractivity contribution in [2.45, 2.75) is 24.8 Å². The quantitative estimate of drug-likeness (QED) is 0.941. The SMILES string of the molecule is COc1cc2c(cc1OC)[C@H]1NC(=O)CC[C@H]1[C@H]2c1ccccc1. The van der Waals surface area contributed by atoms with Crippen LogP contribution in [0, 0.1) is 5.92 Å². The van der Waals surface area contributed by atoms with Crippen molar-refractivity contribution < 1.29 is 14.3 Å². The Hall–Kier alpha value is -2.49. The first-order valence-electron chi connectivity index (χ1n) is 8.33. The van der Waals surface area contributed by atoms with Crippen LogP contribution in [-0.2, 0) is 4.79 Å². The van der Waals surface area contributed by atoms with Crippen LogP contribution in [0.1, 0.15) is 41.5 Å². The Balaban J connectivity index is 1.89. The van der Waals surface area contributed by atoms with Crippen molar-refractivity contribution >= 4 is 5.91 Å². The first kappa shape index (κ1) is 15.1. The number of carbonyl (C=O) groups is 1. The van der Waals surface area contributed by atoms with Gasteiger partial charge in [-0.05, 0) is 41.2 Å². The number of benzene rings is 2. The van der Waals surface area contributed by atoms with Crippen LogP contribution in [0.15, 0.2) is 42.5 Å². The average Bonchev–Trinajstić information content (AvgIpc) is 2.93. The number of piperidine rings is 1. The minimum absolute atomic E-state index is 0.0475. The monoisotopic (exact) mass is 323 g/mol. The van der Waals surface area contributed by atoms with Crippen LogP contribution in [0.4, 0.5) is 0 Å². The Morgan fingerprint density at radius 3 is 2.33 bits per heavy atom. The fraction of sp³-hybridized carbons (Fsp3) is 0.350. The number of hydrogen-bond donors (Lipinski definition) is 1. The van der Waals surface area contributed by atoms with E-state index in [1.165, 1.54) is 11.1 Å². The van der Waals surface area contributed by atoms with Gasteiger partial charge in [0.1, 0.15) is 0 Å². The molecule has 4 heteroatoms. The number of amides is 1. The summed E-state index contributed by atoms with van der Waals surface area (Å²) in [5.74, 6) is 2.22. The molecule has 0 saturated carbocycles. The van der Waals surface area contributed by atoms with E-state index in [2.05, 4.69) is 35.6 Å². The van der Waals surface area contributed by atoms with Gasteiger partial charge in [-0.3, -0.25) is 4.79 Å². The molecule has 124 valence electrons. The third-order valence-corrected chi connectivity index (χ3v) is 5.30. The van der Waals surface area contributed by atoms with Gasteiger partial charge in [0.25, 0.3) is 0 Å². The molecule has 4 rings (SSSR count). The smallest absolute Gasteiger partial charge is 0.220 e. The predicted octanol–water partition coefficient (Wildman–Crippen LogP) is 3.42. The van der Waals surface area contributed by atoms with Gasteiger partial charge in [0.2, 0.25) is 5.91 Å². The van der Waals surface area contributed by atoms with Crippen molar-refractivity contribution in [3.05, 3.63) is 59.2 Å². The topological polar surface area (TPSA) is 47.6 Å². The maximum atomic E-state index is 12.0. The van der Waals surface area contributed by atoms with E-state index in [4.69, 9.17) is 9.47 Å².